The molecule has 0 radical (unpaired) electrons. The molecule has 1 aliphatic heterocycles. The Morgan fingerprint density at radius 1 is 1.19 bits per heavy atom. The molecule has 1 fully saturated rings. The van der Waals surface area contributed by atoms with E-state index in [1.807, 2.05) is 0 Å². The fraction of sp³-hybridized carbons (Fsp3) is 0.579. The number of piperidine rings is 1. The summed E-state index contributed by atoms with van der Waals surface area (Å²) in [7, 11) is 1.31. The minimum atomic E-state index is -0.873. The average Bonchev–Trinajstić information content (AvgIpc) is 2.59. The molecule has 8 heteroatoms. The fourth-order valence-corrected chi connectivity index (χ4v) is 3.16. The zero-order chi connectivity index (χ0) is 20.2. The predicted octanol–water partition coefficient (Wildman–Crippen LogP) is 1.71. The maximum absolute atomic E-state index is 11.8. The molecule has 0 aromatic heterocycles. The van der Waals surface area contributed by atoms with Crippen molar-refractivity contribution in [2.75, 3.05) is 26.8 Å². The number of esters is 1. The van der Waals surface area contributed by atoms with Crippen LogP contribution < -0.4 is 0 Å². The molecule has 0 saturated carbocycles. The van der Waals surface area contributed by atoms with E-state index in [1.54, 1.807) is 45.0 Å². The van der Waals surface area contributed by atoms with E-state index in [1.165, 1.54) is 12.2 Å². The number of methoxy groups -OCH3 is 1. The third kappa shape index (κ3) is 5.66. The number of hydroxylamine groups is 2. The van der Waals surface area contributed by atoms with Gasteiger partial charge >= 0.3 is 12.1 Å². The Balaban J connectivity index is 2.08. The summed E-state index contributed by atoms with van der Waals surface area (Å²) in [4.78, 5) is 28.5. The van der Waals surface area contributed by atoms with E-state index in [0.717, 1.165) is 5.56 Å². The Morgan fingerprint density at radius 2 is 1.81 bits per heavy atom. The topological polar surface area (TPSA) is 106 Å². The zero-order valence-electron chi connectivity index (χ0n) is 16.0. The molecule has 3 unspecified atom stereocenters. The number of carbonyl (C=O) groups is 2. The summed E-state index contributed by atoms with van der Waals surface area (Å²) in [5, 5.41) is 21.7. The van der Waals surface area contributed by atoms with Crippen LogP contribution in [0.1, 0.15) is 42.6 Å². The highest BCUT2D eigenvalue weighted by Crippen LogP contribution is 2.33. The van der Waals surface area contributed by atoms with Crippen molar-refractivity contribution in [2.24, 2.45) is 5.92 Å². The summed E-state index contributed by atoms with van der Waals surface area (Å²) in [6.45, 7) is 5.31. The molecule has 1 saturated heterocycles. The number of aliphatic hydroxyl groups is 2. The molecule has 1 aliphatic rings. The molecule has 27 heavy (non-hydrogen) atoms. The van der Waals surface area contributed by atoms with Crippen molar-refractivity contribution in [2.45, 2.75) is 38.4 Å². The number of β-amino-alcohol motifs (C(OH)–C–C–N with tert-alkyl or cyclic N) is 1. The van der Waals surface area contributed by atoms with Gasteiger partial charge in [0.1, 0.15) is 5.60 Å². The molecule has 0 bridgehead atoms. The van der Waals surface area contributed by atoms with Crippen LogP contribution in [-0.2, 0) is 14.3 Å². The smallest absolute Gasteiger partial charge is 0.465 e. The molecule has 0 amide bonds. The van der Waals surface area contributed by atoms with Gasteiger partial charge in [-0.15, -0.1) is 5.06 Å². The van der Waals surface area contributed by atoms with Gasteiger partial charge in [-0.05, 0) is 38.5 Å². The maximum Gasteiger partial charge on any atom is 0.528 e. The zero-order valence-corrected chi connectivity index (χ0v) is 16.0. The normalized spacial score (nSPS) is 23.6. The first-order chi connectivity index (χ1) is 12.6. The summed E-state index contributed by atoms with van der Waals surface area (Å²) >= 11 is 0. The minimum absolute atomic E-state index is 0.0825. The SMILES string of the molecule is COC(=O)c1ccc(C2C(O)CN(OC(=O)OC(C)(C)C)CC2CO)cc1. The molecule has 3 atom stereocenters. The molecular weight excluding hydrogens is 354 g/mol. The molecule has 2 rings (SSSR count). The number of benzene rings is 1. The lowest BCUT2D eigenvalue weighted by Gasteiger charge is -2.40. The molecule has 2 N–H and O–H groups in total. The second-order valence-electron chi connectivity index (χ2n) is 7.55. The molecular formula is C19H27NO7. The summed E-state index contributed by atoms with van der Waals surface area (Å²) < 4.78 is 9.79. The van der Waals surface area contributed by atoms with E-state index < -0.39 is 23.8 Å². The molecule has 1 aromatic carbocycles. The van der Waals surface area contributed by atoms with Gasteiger partial charge in [-0.25, -0.2) is 9.59 Å². The van der Waals surface area contributed by atoms with Crippen LogP contribution in [0.15, 0.2) is 24.3 Å². The molecule has 0 aliphatic carbocycles. The van der Waals surface area contributed by atoms with Gasteiger partial charge in [0, 0.05) is 25.0 Å². The summed E-state index contributed by atoms with van der Waals surface area (Å²) in [5.41, 5.74) is 0.499. The van der Waals surface area contributed by atoms with Crippen LogP contribution in [-0.4, -0.2) is 65.9 Å². The Bertz CT molecular complexity index is 653. The summed E-state index contributed by atoms with van der Waals surface area (Å²) in [5.74, 6) is -1.17. The van der Waals surface area contributed by atoms with Crippen molar-refractivity contribution in [1.29, 1.82) is 0 Å². The molecule has 150 valence electrons. The first-order valence-electron chi connectivity index (χ1n) is 8.77. The van der Waals surface area contributed by atoms with Gasteiger partial charge in [-0.2, -0.15) is 0 Å². The molecule has 0 spiro atoms. The van der Waals surface area contributed by atoms with E-state index in [4.69, 9.17) is 9.57 Å². The van der Waals surface area contributed by atoms with E-state index >= 15 is 0 Å². The Kier molecular flexibility index (Phi) is 6.80. The van der Waals surface area contributed by atoms with Crippen molar-refractivity contribution >= 4 is 12.1 Å². The van der Waals surface area contributed by atoms with E-state index in [0.29, 0.717) is 5.56 Å². The number of ether oxygens (including phenoxy) is 2. The number of aliphatic hydroxyl groups excluding tert-OH is 2. The van der Waals surface area contributed by atoms with Gasteiger partial charge in [0.25, 0.3) is 0 Å². The first kappa shape index (κ1) is 21.1. The Labute approximate surface area is 158 Å². The average molecular weight is 381 g/mol. The van der Waals surface area contributed by atoms with Crippen LogP contribution in [0.5, 0.6) is 0 Å². The third-order valence-corrected chi connectivity index (χ3v) is 4.30. The van der Waals surface area contributed by atoms with Crippen molar-refractivity contribution in [3.8, 4) is 0 Å². The van der Waals surface area contributed by atoms with Crippen LogP contribution in [0.3, 0.4) is 0 Å². The fourth-order valence-electron chi connectivity index (χ4n) is 3.16. The van der Waals surface area contributed by atoms with Crippen molar-refractivity contribution < 1.29 is 34.1 Å². The standard InChI is InChI=1S/C19H27NO7/c1-19(2,3)26-18(24)27-20-9-14(11-21)16(15(22)10-20)12-5-7-13(8-6-12)17(23)25-4/h5-8,14-16,21-22H,9-11H2,1-4H3. The lowest BCUT2D eigenvalue weighted by Crippen LogP contribution is -2.50. The number of hydrogen-bond acceptors (Lipinski definition) is 8. The van der Waals surface area contributed by atoms with Gasteiger partial charge in [0.15, 0.2) is 0 Å². The Hall–Kier alpha value is -2.16. The van der Waals surface area contributed by atoms with Gasteiger partial charge in [-0.1, -0.05) is 12.1 Å². The van der Waals surface area contributed by atoms with E-state index in [-0.39, 0.29) is 31.5 Å². The van der Waals surface area contributed by atoms with Crippen molar-refractivity contribution in [1.82, 2.24) is 5.06 Å². The predicted molar refractivity (Wildman–Crippen MR) is 96.0 cm³/mol. The number of hydrogen-bond donors (Lipinski definition) is 2. The first-order valence-corrected chi connectivity index (χ1v) is 8.77. The van der Waals surface area contributed by atoms with Crippen LogP contribution in [0.2, 0.25) is 0 Å². The monoisotopic (exact) mass is 381 g/mol. The molecule has 1 heterocycles. The summed E-state index contributed by atoms with van der Waals surface area (Å²) in [6.07, 6.45) is -1.73. The van der Waals surface area contributed by atoms with Gasteiger partial charge in [0.2, 0.25) is 0 Å². The van der Waals surface area contributed by atoms with Gasteiger partial charge < -0.3 is 24.5 Å². The minimum Gasteiger partial charge on any atom is -0.465 e. The van der Waals surface area contributed by atoms with Crippen LogP contribution in [0, 0.1) is 5.92 Å². The van der Waals surface area contributed by atoms with Crippen molar-refractivity contribution in [3.63, 3.8) is 0 Å². The second-order valence-corrected chi connectivity index (χ2v) is 7.55. The highest BCUT2D eigenvalue weighted by molar-refractivity contribution is 5.89. The maximum atomic E-state index is 11.8. The highest BCUT2D eigenvalue weighted by Gasteiger charge is 2.38. The van der Waals surface area contributed by atoms with Crippen LogP contribution >= 0.6 is 0 Å². The number of rotatable bonds is 4. The summed E-state index contributed by atoms with van der Waals surface area (Å²) in [6, 6.07) is 6.69. The Morgan fingerprint density at radius 3 is 2.33 bits per heavy atom. The largest absolute Gasteiger partial charge is 0.528 e. The number of carbonyl (C=O) groups excluding carboxylic acids is 2. The second kappa shape index (κ2) is 8.69. The van der Waals surface area contributed by atoms with Gasteiger partial charge in [0.05, 0.1) is 25.3 Å². The van der Waals surface area contributed by atoms with Gasteiger partial charge in [-0.3, -0.25) is 0 Å². The molecule has 8 nitrogen and oxygen atoms in total. The van der Waals surface area contributed by atoms with E-state index in [2.05, 4.69) is 4.74 Å². The van der Waals surface area contributed by atoms with Crippen molar-refractivity contribution in [3.05, 3.63) is 35.4 Å². The highest BCUT2D eigenvalue weighted by atomic mass is 16.8. The van der Waals surface area contributed by atoms with E-state index in [9.17, 15) is 19.8 Å². The lowest BCUT2D eigenvalue weighted by atomic mass is 9.79. The quantitative estimate of drug-likeness (QED) is 0.760. The number of nitrogens with zero attached hydrogens (tertiary/aromatic N) is 1. The molecule has 1 aromatic rings. The van der Waals surface area contributed by atoms with Crippen LogP contribution in [0.25, 0.3) is 0 Å². The van der Waals surface area contributed by atoms with Crippen LogP contribution in [0.4, 0.5) is 4.79 Å². The third-order valence-electron chi connectivity index (χ3n) is 4.30. The lowest BCUT2D eigenvalue weighted by molar-refractivity contribution is -0.185.